The first kappa shape index (κ1) is 9.90. The Morgan fingerprint density at radius 3 is 2.55 bits per heavy atom. The van der Waals surface area contributed by atoms with Crippen LogP contribution in [0.4, 0.5) is 4.39 Å². The van der Waals surface area contributed by atoms with E-state index in [0.717, 1.165) is 0 Å². The molecule has 0 aromatic carbocycles. The lowest BCUT2D eigenvalue weighted by molar-refractivity contribution is 0.543. The molecule has 0 aliphatic carbocycles. The van der Waals surface area contributed by atoms with E-state index in [1.54, 1.807) is 19.1 Å². The third-order valence-electron chi connectivity index (χ3n) is 1.30. The Labute approximate surface area is 66.8 Å². The van der Waals surface area contributed by atoms with Gasteiger partial charge in [-0.1, -0.05) is 13.0 Å². The first-order valence-electron chi connectivity index (χ1n) is 3.57. The summed E-state index contributed by atoms with van der Waals surface area (Å²) in [5, 5.41) is 8.47. The van der Waals surface area contributed by atoms with Crippen molar-refractivity contribution in [3.63, 3.8) is 0 Å². The molecule has 60 valence electrons. The second-order valence-electron chi connectivity index (χ2n) is 2.30. The van der Waals surface area contributed by atoms with Crippen molar-refractivity contribution in [3.05, 3.63) is 23.3 Å². The van der Waals surface area contributed by atoms with Gasteiger partial charge in [0.25, 0.3) is 0 Å². The Kier molecular flexibility index (Phi) is 5.10. The van der Waals surface area contributed by atoms with E-state index in [2.05, 4.69) is 0 Å². The molecular formula is C9H12FN. The molecule has 0 heterocycles. The molecule has 0 fully saturated rings. The van der Waals surface area contributed by atoms with Crippen LogP contribution in [-0.2, 0) is 0 Å². The summed E-state index contributed by atoms with van der Waals surface area (Å²) in [4.78, 5) is 0. The number of rotatable bonds is 3. The van der Waals surface area contributed by atoms with Gasteiger partial charge in [-0.15, -0.1) is 0 Å². The molecule has 0 aromatic rings. The lowest BCUT2D eigenvalue weighted by atomic mass is 10.2. The molecule has 0 amide bonds. The highest BCUT2D eigenvalue weighted by Crippen LogP contribution is 2.01. The lowest BCUT2D eigenvalue weighted by Crippen LogP contribution is -1.77. The van der Waals surface area contributed by atoms with E-state index >= 15 is 0 Å². The second kappa shape index (κ2) is 5.67. The van der Waals surface area contributed by atoms with Crippen LogP contribution < -0.4 is 0 Å². The van der Waals surface area contributed by atoms with Crippen molar-refractivity contribution >= 4 is 0 Å². The lowest BCUT2D eigenvalue weighted by Gasteiger charge is -1.89. The van der Waals surface area contributed by atoms with Gasteiger partial charge in [0.2, 0.25) is 0 Å². The summed E-state index contributed by atoms with van der Waals surface area (Å²) >= 11 is 0. The van der Waals surface area contributed by atoms with Crippen LogP contribution in [0.1, 0.15) is 20.3 Å². The molecule has 11 heavy (non-hydrogen) atoms. The minimum atomic E-state index is -0.446. The average Bonchev–Trinajstić information content (AvgIpc) is 2.06. The number of alkyl halides is 1. The number of hydrogen-bond donors (Lipinski definition) is 0. The summed E-state index contributed by atoms with van der Waals surface area (Å²) < 4.78 is 11.9. The summed E-state index contributed by atoms with van der Waals surface area (Å²) in [6.45, 7) is 3.15. The molecule has 0 bridgehead atoms. The summed E-state index contributed by atoms with van der Waals surface area (Å²) in [6.07, 6.45) is 4.00. The maximum absolute atomic E-state index is 11.9. The fraction of sp³-hybridized carbons (Fsp3) is 0.444. The molecule has 2 heteroatoms. The van der Waals surface area contributed by atoms with E-state index < -0.39 is 6.67 Å². The zero-order chi connectivity index (χ0) is 8.69. The van der Waals surface area contributed by atoms with Crippen LogP contribution in [0, 0.1) is 11.3 Å². The van der Waals surface area contributed by atoms with Crippen LogP contribution in [0.5, 0.6) is 0 Å². The zero-order valence-corrected chi connectivity index (χ0v) is 6.89. The highest BCUT2D eigenvalue weighted by Gasteiger charge is 1.88. The first-order chi connectivity index (χ1) is 5.24. The van der Waals surface area contributed by atoms with Gasteiger partial charge in [0.05, 0.1) is 6.07 Å². The van der Waals surface area contributed by atoms with Gasteiger partial charge in [-0.3, -0.25) is 0 Å². The van der Waals surface area contributed by atoms with Crippen LogP contribution in [0.25, 0.3) is 0 Å². The topological polar surface area (TPSA) is 23.8 Å². The molecule has 0 rings (SSSR count). The number of allylic oxidation sites excluding steroid dienone is 4. The molecule has 0 aliphatic heterocycles. The zero-order valence-electron chi connectivity index (χ0n) is 6.89. The van der Waals surface area contributed by atoms with E-state index in [1.165, 1.54) is 0 Å². The highest BCUT2D eigenvalue weighted by molar-refractivity contribution is 5.26. The fourth-order valence-corrected chi connectivity index (χ4v) is 0.522. The van der Waals surface area contributed by atoms with Crippen molar-refractivity contribution in [2.24, 2.45) is 0 Å². The number of hydrogen-bond acceptors (Lipinski definition) is 1. The van der Waals surface area contributed by atoms with Gasteiger partial charge in [0.15, 0.2) is 0 Å². The third kappa shape index (κ3) is 4.32. The van der Waals surface area contributed by atoms with Crippen LogP contribution in [-0.4, -0.2) is 6.67 Å². The largest absolute Gasteiger partial charge is 0.246 e. The Bertz CT molecular complexity index is 208. The Morgan fingerprint density at radius 1 is 1.55 bits per heavy atom. The van der Waals surface area contributed by atoms with E-state index in [1.807, 2.05) is 13.0 Å². The van der Waals surface area contributed by atoms with E-state index in [-0.39, 0.29) is 0 Å². The standard InChI is InChI=1S/C9H12FN/c1-3-9(7-11)5-4-8(2)6-10/h4-5H,3,6H2,1-2H3/b8-4-,9-5+. The molecule has 1 nitrogen and oxygen atoms in total. The molecular weight excluding hydrogens is 141 g/mol. The first-order valence-corrected chi connectivity index (χ1v) is 3.57. The summed E-state index contributed by atoms with van der Waals surface area (Å²) in [6, 6.07) is 2.03. The number of halogens is 1. The predicted molar refractivity (Wildman–Crippen MR) is 43.7 cm³/mol. The second-order valence-corrected chi connectivity index (χ2v) is 2.30. The van der Waals surface area contributed by atoms with Crippen LogP contribution in [0.15, 0.2) is 23.3 Å². The maximum Gasteiger partial charge on any atom is 0.111 e. The van der Waals surface area contributed by atoms with Gasteiger partial charge < -0.3 is 0 Å². The highest BCUT2D eigenvalue weighted by atomic mass is 19.1. The van der Waals surface area contributed by atoms with Crippen molar-refractivity contribution in [2.45, 2.75) is 20.3 Å². The normalized spacial score (nSPS) is 12.9. The average molecular weight is 153 g/mol. The van der Waals surface area contributed by atoms with Gasteiger partial charge in [-0.05, 0) is 25.0 Å². The molecule has 0 saturated heterocycles. The predicted octanol–water partition coefficient (Wildman–Crippen LogP) is 2.76. The third-order valence-corrected chi connectivity index (χ3v) is 1.30. The smallest absolute Gasteiger partial charge is 0.111 e. The van der Waals surface area contributed by atoms with E-state index in [4.69, 9.17) is 5.26 Å². The fourth-order valence-electron chi connectivity index (χ4n) is 0.522. The van der Waals surface area contributed by atoms with Crippen molar-refractivity contribution in [1.82, 2.24) is 0 Å². The van der Waals surface area contributed by atoms with Crippen LogP contribution in [0.3, 0.4) is 0 Å². The SMILES string of the molecule is CC/C(C#N)=C\C=C(\C)CF. The molecule has 0 saturated carbocycles. The monoisotopic (exact) mass is 153 g/mol. The molecule has 0 radical (unpaired) electrons. The quantitative estimate of drug-likeness (QED) is 0.451. The van der Waals surface area contributed by atoms with Gasteiger partial charge in [0, 0.05) is 5.57 Å². The molecule has 0 N–H and O–H groups in total. The molecule has 0 aliphatic rings. The Hall–Kier alpha value is -1.10. The summed E-state index contributed by atoms with van der Waals surface area (Å²) in [7, 11) is 0. The van der Waals surface area contributed by atoms with Gasteiger partial charge >= 0.3 is 0 Å². The minimum Gasteiger partial charge on any atom is -0.246 e. The number of nitriles is 1. The summed E-state index contributed by atoms with van der Waals surface area (Å²) in [5.41, 5.74) is 1.32. The van der Waals surface area contributed by atoms with Gasteiger partial charge in [-0.25, -0.2) is 4.39 Å². The van der Waals surface area contributed by atoms with Crippen molar-refractivity contribution in [1.29, 1.82) is 5.26 Å². The van der Waals surface area contributed by atoms with E-state index in [0.29, 0.717) is 17.6 Å². The van der Waals surface area contributed by atoms with Crippen molar-refractivity contribution in [2.75, 3.05) is 6.67 Å². The van der Waals surface area contributed by atoms with Crippen LogP contribution >= 0.6 is 0 Å². The van der Waals surface area contributed by atoms with E-state index in [9.17, 15) is 4.39 Å². The Balaban J connectivity index is 4.21. The maximum atomic E-state index is 11.9. The number of nitrogens with zero attached hydrogens (tertiary/aromatic N) is 1. The minimum absolute atomic E-state index is 0.446. The van der Waals surface area contributed by atoms with Crippen molar-refractivity contribution < 1.29 is 4.39 Å². The Morgan fingerprint density at radius 2 is 2.18 bits per heavy atom. The molecule has 0 spiro atoms. The summed E-state index contributed by atoms with van der Waals surface area (Å²) in [5.74, 6) is 0. The van der Waals surface area contributed by atoms with Gasteiger partial charge in [0.1, 0.15) is 6.67 Å². The molecule has 0 unspecified atom stereocenters. The van der Waals surface area contributed by atoms with Gasteiger partial charge in [-0.2, -0.15) is 5.26 Å². The van der Waals surface area contributed by atoms with Crippen molar-refractivity contribution in [3.8, 4) is 6.07 Å². The molecule has 0 aromatic heterocycles. The molecule has 0 atom stereocenters. The van der Waals surface area contributed by atoms with Crippen LogP contribution in [0.2, 0.25) is 0 Å².